The van der Waals surface area contributed by atoms with Crippen LogP contribution in [0.2, 0.25) is 0 Å². The Morgan fingerprint density at radius 2 is 2.20 bits per heavy atom. The molecule has 0 saturated carbocycles. The van der Waals surface area contributed by atoms with Gasteiger partial charge in [0.2, 0.25) is 5.91 Å². The summed E-state index contributed by atoms with van der Waals surface area (Å²) in [6.45, 7) is 5.86. The van der Waals surface area contributed by atoms with Crippen LogP contribution >= 0.6 is 11.3 Å². The first-order valence-electron chi connectivity index (χ1n) is 6.39. The van der Waals surface area contributed by atoms with E-state index in [1.54, 1.807) is 0 Å². The van der Waals surface area contributed by atoms with E-state index in [2.05, 4.69) is 20.8 Å². The Bertz CT molecular complexity index is 498. The van der Waals surface area contributed by atoms with E-state index in [-0.39, 0.29) is 12.0 Å². The highest BCUT2D eigenvalue weighted by atomic mass is 32.1. The van der Waals surface area contributed by atoms with E-state index in [0.29, 0.717) is 5.01 Å². The topological polar surface area (TPSA) is 66.9 Å². The highest BCUT2D eigenvalue weighted by molar-refractivity contribution is 7.11. The largest absolute Gasteiger partial charge is 0.348 e. The van der Waals surface area contributed by atoms with Gasteiger partial charge in [-0.25, -0.2) is 8.78 Å². The Kier molecular flexibility index (Phi) is 4.06. The van der Waals surface area contributed by atoms with Gasteiger partial charge in [-0.1, -0.05) is 32.1 Å². The van der Waals surface area contributed by atoms with E-state index in [0.717, 1.165) is 5.01 Å². The van der Waals surface area contributed by atoms with E-state index in [4.69, 9.17) is 0 Å². The Labute approximate surface area is 120 Å². The first-order chi connectivity index (χ1) is 9.17. The molecule has 2 heterocycles. The molecule has 1 aliphatic heterocycles. The molecule has 2 rings (SSSR count). The molecule has 0 bridgehead atoms. The lowest BCUT2D eigenvalue weighted by Crippen LogP contribution is -2.40. The maximum atomic E-state index is 13.0. The molecule has 1 aliphatic rings. The first-order valence-corrected chi connectivity index (χ1v) is 7.21. The van der Waals surface area contributed by atoms with Crippen molar-refractivity contribution in [1.29, 1.82) is 0 Å². The number of hydrogen-bond acceptors (Lipinski definition) is 5. The fraction of sp³-hybridized carbons (Fsp3) is 0.750. The summed E-state index contributed by atoms with van der Waals surface area (Å²) in [6.07, 6.45) is -0.456. The summed E-state index contributed by atoms with van der Waals surface area (Å²) in [5, 5.41) is 14.8. The SMILES string of the molecule is CC(C)(C)c1nnc(CNC(=O)C2CC(F)(F)CN2)s1. The second-order valence-corrected chi connectivity index (χ2v) is 7.02. The van der Waals surface area contributed by atoms with Gasteiger partial charge in [-0.05, 0) is 0 Å². The molecule has 1 amide bonds. The third-order valence-electron chi connectivity index (χ3n) is 2.95. The van der Waals surface area contributed by atoms with Crippen molar-refractivity contribution < 1.29 is 13.6 Å². The molecule has 1 unspecified atom stereocenters. The van der Waals surface area contributed by atoms with Crippen molar-refractivity contribution in [3.05, 3.63) is 10.0 Å². The number of carbonyl (C=O) groups excluding carboxylic acids is 1. The smallest absolute Gasteiger partial charge is 0.262 e. The molecule has 1 aromatic heterocycles. The lowest BCUT2D eigenvalue weighted by atomic mass is 9.98. The molecule has 5 nitrogen and oxygen atoms in total. The summed E-state index contributed by atoms with van der Waals surface area (Å²) in [6, 6.07) is -0.833. The third kappa shape index (κ3) is 3.69. The Hall–Kier alpha value is -1.15. The fourth-order valence-corrected chi connectivity index (χ4v) is 2.65. The van der Waals surface area contributed by atoms with E-state index in [1.807, 2.05) is 20.8 Å². The molecule has 1 atom stereocenters. The third-order valence-corrected chi connectivity index (χ3v) is 4.30. The predicted octanol–water partition coefficient (Wildman–Crippen LogP) is 1.45. The average Bonchev–Trinajstić information content (AvgIpc) is 2.91. The predicted molar refractivity (Wildman–Crippen MR) is 71.8 cm³/mol. The van der Waals surface area contributed by atoms with Crippen LogP contribution < -0.4 is 10.6 Å². The summed E-state index contributed by atoms with van der Waals surface area (Å²) in [4.78, 5) is 11.8. The molecule has 1 aromatic rings. The molecule has 112 valence electrons. The summed E-state index contributed by atoms with van der Waals surface area (Å²) in [5.74, 6) is -3.22. The van der Waals surface area contributed by atoms with Gasteiger partial charge in [-0.2, -0.15) is 0 Å². The second kappa shape index (κ2) is 5.33. The summed E-state index contributed by atoms with van der Waals surface area (Å²) in [5.41, 5.74) is -0.0883. The minimum Gasteiger partial charge on any atom is -0.348 e. The molecule has 8 heteroatoms. The number of hydrogen-bond donors (Lipinski definition) is 2. The van der Waals surface area contributed by atoms with Crippen LogP contribution in [0.15, 0.2) is 0 Å². The van der Waals surface area contributed by atoms with Gasteiger partial charge in [0.25, 0.3) is 5.92 Å². The Morgan fingerprint density at radius 1 is 1.50 bits per heavy atom. The number of carbonyl (C=O) groups is 1. The van der Waals surface area contributed by atoms with E-state index in [1.165, 1.54) is 11.3 Å². The average molecular weight is 304 g/mol. The van der Waals surface area contributed by atoms with Crippen LogP contribution in [0.25, 0.3) is 0 Å². The molecule has 0 radical (unpaired) electrons. The van der Waals surface area contributed by atoms with Crippen LogP contribution in [0.4, 0.5) is 8.78 Å². The number of halogens is 2. The minimum atomic E-state index is -2.80. The van der Waals surface area contributed by atoms with Gasteiger partial charge in [0.05, 0.1) is 19.1 Å². The minimum absolute atomic E-state index is 0.0883. The Balaban J connectivity index is 1.86. The monoisotopic (exact) mass is 304 g/mol. The van der Waals surface area contributed by atoms with Crippen molar-refractivity contribution in [3.63, 3.8) is 0 Å². The maximum absolute atomic E-state index is 13.0. The van der Waals surface area contributed by atoms with Crippen LogP contribution in [-0.4, -0.2) is 34.6 Å². The maximum Gasteiger partial charge on any atom is 0.262 e. The zero-order valence-corrected chi connectivity index (χ0v) is 12.5. The van der Waals surface area contributed by atoms with E-state index in [9.17, 15) is 13.6 Å². The van der Waals surface area contributed by atoms with Crippen LogP contribution in [-0.2, 0) is 16.8 Å². The number of rotatable bonds is 3. The molecule has 1 fully saturated rings. The van der Waals surface area contributed by atoms with Gasteiger partial charge in [0, 0.05) is 11.8 Å². The zero-order valence-electron chi connectivity index (χ0n) is 11.7. The normalized spacial score (nSPS) is 21.9. The first kappa shape index (κ1) is 15.2. The van der Waals surface area contributed by atoms with Crippen molar-refractivity contribution >= 4 is 17.2 Å². The molecule has 0 aromatic carbocycles. The summed E-state index contributed by atoms with van der Waals surface area (Å²) < 4.78 is 26.0. The number of amides is 1. The molecular formula is C12H18F2N4OS. The quantitative estimate of drug-likeness (QED) is 0.887. The zero-order chi connectivity index (χ0) is 15.0. The van der Waals surface area contributed by atoms with Gasteiger partial charge in [-0.15, -0.1) is 10.2 Å². The van der Waals surface area contributed by atoms with Crippen LogP contribution in [0.1, 0.15) is 37.2 Å². The molecular weight excluding hydrogens is 286 g/mol. The highest BCUT2D eigenvalue weighted by Gasteiger charge is 2.42. The number of nitrogens with one attached hydrogen (secondary N) is 2. The van der Waals surface area contributed by atoms with Crippen LogP contribution in [0.3, 0.4) is 0 Å². The van der Waals surface area contributed by atoms with E-state index >= 15 is 0 Å². The van der Waals surface area contributed by atoms with Crippen LogP contribution in [0, 0.1) is 0 Å². The van der Waals surface area contributed by atoms with Gasteiger partial charge < -0.3 is 5.32 Å². The molecule has 2 N–H and O–H groups in total. The summed E-state index contributed by atoms with van der Waals surface area (Å²) in [7, 11) is 0. The standard InChI is InChI=1S/C12H18F2N4OS/c1-11(2,3)10-18-17-8(20-10)5-15-9(19)7-4-12(13,14)6-16-7/h7,16H,4-6H2,1-3H3,(H,15,19). The van der Waals surface area contributed by atoms with Crippen molar-refractivity contribution in [2.75, 3.05) is 6.54 Å². The highest BCUT2D eigenvalue weighted by Crippen LogP contribution is 2.26. The number of nitrogens with zero attached hydrogens (tertiary/aromatic N) is 2. The van der Waals surface area contributed by atoms with Gasteiger partial charge in [-0.3, -0.25) is 10.1 Å². The van der Waals surface area contributed by atoms with Gasteiger partial charge in [0.15, 0.2) is 0 Å². The molecule has 20 heavy (non-hydrogen) atoms. The van der Waals surface area contributed by atoms with Crippen molar-refractivity contribution in [2.45, 2.75) is 51.1 Å². The molecule has 0 spiro atoms. The summed E-state index contributed by atoms with van der Waals surface area (Å²) >= 11 is 1.42. The van der Waals surface area contributed by atoms with Crippen molar-refractivity contribution in [2.24, 2.45) is 0 Å². The lowest BCUT2D eigenvalue weighted by Gasteiger charge is -2.12. The lowest BCUT2D eigenvalue weighted by molar-refractivity contribution is -0.123. The van der Waals surface area contributed by atoms with Crippen molar-refractivity contribution in [3.8, 4) is 0 Å². The van der Waals surface area contributed by atoms with Gasteiger partial charge in [0.1, 0.15) is 10.0 Å². The molecule has 0 aliphatic carbocycles. The molecule has 1 saturated heterocycles. The van der Waals surface area contributed by atoms with Crippen molar-refractivity contribution in [1.82, 2.24) is 20.8 Å². The fourth-order valence-electron chi connectivity index (χ4n) is 1.81. The number of alkyl halides is 2. The van der Waals surface area contributed by atoms with E-state index < -0.39 is 30.8 Å². The number of aromatic nitrogens is 2. The van der Waals surface area contributed by atoms with Gasteiger partial charge >= 0.3 is 0 Å². The van der Waals surface area contributed by atoms with Crippen LogP contribution in [0.5, 0.6) is 0 Å². The Morgan fingerprint density at radius 3 is 2.70 bits per heavy atom. The second-order valence-electron chi connectivity index (χ2n) is 5.96.